The maximum Gasteiger partial charge on any atom is 0.414 e. The first-order valence-electron chi connectivity index (χ1n) is 9.28. The molecule has 0 aliphatic carbocycles. The fraction of sp³-hybridized carbons (Fsp3) is 0.600. The van der Waals surface area contributed by atoms with Crippen molar-refractivity contribution in [2.45, 2.75) is 52.4 Å². The minimum atomic E-state index is -1.82. The number of carbonyl (C=O) groups is 2. The normalized spacial score (nSPS) is 14.7. The highest BCUT2D eigenvalue weighted by Gasteiger charge is 2.08. The summed E-state index contributed by atoms with van der Waals surface area (Å²) in [5.41, 5.74) is 2.64. The number of hydrogen-bond donors (Lipinski definition) is 2. The molecular formula is C20H31NO5. The summed E-state index contributed by atoms with van der Waals surface area (Å²) >= 11 is 0. The number of carboxylic acid groups (broad SMARTS) is 2. The van der Waals surface area contributed by atoms with E-state index in [9.17, 15) is 0 Å². The smallest absolute Gasteiger partial charge is 0.414 e. The fourth-order valence-electron chi connectivity index (χ4n) is 2.79. The van der Waals surface area contributed by atoms with Gasteiger partial charge >= 0.3 is 11.9 Å². The van der Waals surface area contributed by atoms with Crippen molar-refractivity contribution in [3.63, 3.8) is 0 Å². The summed E-state index contributed by atoms with van der Waals surface area (Å²) in [7, 11) is 0. The van der Waals surface area contributed by atoms with Crippen molar-refractivity contribution in [1.82, 2.24) is 4.90 Å². The Kier molecular flexibility index (Phi) is 10.4. The van der Waals surface area contributed by atoms with Crippen LogP contribution in [0.1, 0.15) is 49.7 Å². The first-order valence-corrected chi connectivity index (χ1v) is 9.28. The van der Waals surface area contributed by atoms with E-state index in [2.05, 4.69) is 36.9 Å². The molecular weight excluding hydrogens is 334 g/mol. The molecule has 0 bridgehead atoms. The van der Waals surface area contributed by atoms with Crippen LogP contribution in [0.4, 0.5) is 0 Å². The van der Waals surface area contributed by atoms with E-state index in [0.717, 1.165) is 18.8 Å². The van der Waals surface area contributed by atoms with Gasteiger partial charge in [0.1, 0.15) is 5.75 Å². The first-order chi connectivity index (χ1) is 12.4. The third-order valence-corrected chi connectivity index (χ3v) is 4.50. The third kappa shape index (κ3) is 9.42. The van der Waals surface area contributed by atoms with Crippen LogP contribution in [0.2, 0.25) is 0 Å². The monoisotopic (exact) mass is 365 g/mol. The maximum atomic E-state index is 9.10. The number of rotatable bonds is 6. The Balaban J connectivity index is 0.000000487. The van der Waals surface area contributed by atoms with Crippen LogP contribution in [0, 0.1) is 13.8 Å². The lowest BCUT2D eigenvalue weighted by Gasteiger charge is -2.19. The number of aryl methyl sites for hydroxylation is 2. The molecule has 0 amide bonds. The zero-order chi connectivity index (χ0) is 19.4. The number of ether oxygens (including phenoxy) is 1. The summed E-state index contributed by atoms with van der Waals surface area (Å²) in [5, 5.41) is 14.8. The molecule has 1 fully saturated rings. The number of hydrogen-bond acceptors (Lipinski definition) is 4. The van der Waals surface area contributed by atoms with Crippen molar-refractivity contribution in [3.05, 3.63) is 29.3 Å². The average molecular weight is 365 g/mol. The third-order valence-electron chi connectivity index (χ3n) is 4.50. The number of carboxylic acids is 2. The molecule has 1 saturated heterocycles. The standard InChI is InChI=1S/C18H29NO.C2H2O4/c1-16-9-10-18(15-17(16)2)20-14-8-7-13-19-11-5-3-4-6-12-19;3-1(4)2(5)6/h9-10,15H,3-8,11-14H2,1-2H3;(H,3,4)(H,5,6). The van der Waals surface area contributed by atoms with Crippen LogP contribution in [0.5, 0.6) is 5.75 Å². The maximum absolute atomic E-state index is 9.10. The van der Waals surface area contributed by atoms with Crippen molar-refractivity contribution >= 4 is 11.9 Å². The molecule has 1 aliphatic heterocycles. The van der Waals surface area contributed by atoms with E-state index < -0.39 is 11.9 Å². The van der Waals surface area contributed by atoms with Crippen molar-refractivity contribution < 1.29 is 24.5 Å². The van der Waals surface area contributed by atoms with Gasteiger partial charge in [0, 0.05) is 0 Å². The molecule has 0 radical (unpaired) electrons. The van der Waals surface area contributed by atoms with Gasteiger partial charge in [-0.1, -0.05) is 18.9 Å². The summed E-state index contributed by atoms with van der Waals surface area (Å²) in [6.07, 6.45) is 8.03. The summed E-state index contributed by atoms with van der Waals surface area (Å²) in [5.74, 6) is -2.63. The van der Waals surface area contributed by atoms with Crippen LogP contribution < -0.4 is 4.74 Å². The molecule has 2 N–H and O–H groups in total. The zero-order valence-electron chi connectivity index (χ0n) is 15.9. The highest BCUT2D eigenvalue weighted by atomic mass is 16.5. The summed E-state index contributed by atoms with van der Waals surface area (Å²) in [6, 6.07) is 6.36. The minimum Gasteiger partial charge on any atom is -0.494 e. The van der Waals surface area contributed by atoms with Gasteiger partial charge < -0.3 is 19.8 Å². The Morgan fingerprint density at radius 3 is 2.12 bits per heavy atom. The van der Waals surface area contributed by atoms with Crippen LogP contribution in [-0.4, -0.2) is 53.3 Å². The number of likely N-dealkylation sites (tertiary alicyclic amines) is 1. The largest absolute Gasteiger partial charge is 0.494 e. The lowest BCUT2D eigenvalue weighted by Crippen LogP contribution is -2.25. The lowest BCUT2D eigenvalue weighted by molar-refractivity contribution is -0.159. The highest BCUT2D eigenvalue weighted by Crippen LogP contribution is 2.17. The number of aliphatic carboxylic acids is 2. The molecule has 6 nitrogen and oxygen atoms in total. The Bertz CT molecular complexity index is 553. The molecule has 0 spiro atoms. The van der Waals surface area contributed by atoms with Gasteiger partial charge in [-0.3, -0.25) is 0 Å². The first kappa shape index (κ1) is 22.0. The van der Waals surface area contributed by atoms with Crippen LogP contribution in [-0.2, 0) is 9.59 Å². The molecule has 1 heterocycles. The van der Waals surface area contributed by atoms with E-state index >= 15 is 0 Å². The fourth-order valence-corrected chi connectivity index (χ4v) is 2.79. The van der Waals surface area contributed by atoms with Gasteiger partial charge in [-0.2, -0.15) is 0 Å². The molecule has 0 unspecified atom stereocenters. The second-order valence-corrected chi connectivity index (χ2v) is 6.67. The molecule has 1 aromatic rings. The summed E-state index contributed by atoms with van der Waals surface area (Å²) in [4.78, 5) is 20.8. The van der Waals surface area contributed by atoms with Gasteiger partial charge in [0.15, 0.2) is 0 Å². The second kappa shape index (κ2) is 12.3. The van der Waals surface area contributed by atoms with Gasteiger partial charge in [-0.25, -0.2) is 9.59 Å². The van der Waals surface area contributed by atoms with Gasteiger partial charge in [0.25, 0.3) is 0 Å². The molecule has 1 aromatic carbocycles. The molecule has 0 saturated carbocycles. The number of unbranched alkanes of at least 4 members (excludes halogenated alkanes) is 1. The Morgan fingerprint density at radius 1 is 0.962 bits per heavy atom. The van der Waals surface area contributed by atoms with E-state index in [4.69, 9.17) is 24.5 Å². The van der Waals surface area contributed by atoms with Crippen LogP contribution in [0.15, 0.2) is 18.2 Å². The van der Waals surface area contributed by atoms with Gasteiger partial charge in [-0.05, 0) is 82.4 Å². The molecule has 146 valence electrons. The average Bonchev–Trinajstić information content (AvgIpc) is 2.87. The Morgan fingerprint density at radius 2 is 1.58 bits per heavy atom. The molecule has 0 atom stereocenters. The molecule has 26 heavy (non-hydrogen) atoms. The molecule has 6 heteroatoms. The quantitative estimate of drug-likeness (QED) is 0.593. The van der Waals surface area contributed by atoms with Crippen LogP contribution in [0.25, 0.3) is 0 Å². The predicted octanol–water partition coefficient (Wildman–Crippen LogP) is 3.49. The Labute approximate surface area is 155 Å². The molecule has 0 aromatic heterocycles. The van der Waals surface area contributed by atoms with Gasteiger partial charge in [0.05, 0.1) is 6.61 Å². The summed E-state index contributed by atoms with van der Waals surface area (Å²) in [6.45, 7) is 8.98. The second-order valence-electron chi connectivity index (χ2n) is 6.67. The van der Waals surface area contributed by atoms with Crippen molar-refractivity contribution in [2.75, 3.05) is 26.2 Å². The highest BCUT2D eigenvalue weighted by molar-refractivity contribution is 6.27. The van der Waals surface area contributed by atoms with Crippen LogP contribution >= 0.6 is 0 Å². The van der Waals surface area contributed by atoms with Crippen molar-refractivity contribution in [3.8, 4) is 5.75 Å². The van der Waals surface area contributed by atoms with Gasteiger partial charge in [0.2, 0.25) is 0 Å². The van der Waals surface area contributed by atoms with Gasteiger partial charge in [-0.15, -0.1) is 0 Å². The van der Waals surface area contributed by atoms with E-state index in [1.165, 1.54) is 62.9 Å². The van der Waals surface area contributed by atoms with E-state index in [1.54, 1.807) is 0 Å². The summed E-state index contributed by atoms with van der Waals surface area (Å²) < 4.78 is 5.84. The van der Waals surface area contributed by atoms with Crippen LogP contribution in [0.3, 0.4) is 0 Å². The molecule has 2 rings (SSSR count). The number of benzene rings is 1. The van der Waals surface area contributed by atoms with E-state index in [0.29, 0.717) is 0 Å². The van der Waals surface area contributed by atoms with E-state index in [1.807, 2.05) is 0 Å². The van der Waals surface area contributed by atoms with Crippen molar-refractivity contribution in [1.29, 1.82) is 0 Å². The zero-order valence-corrected chi connectivity index (χ0v) is 15.9. The minimum absolute atomic E-state index is 0.844. The predicted molar refractivity (Wildman–Crippen MR) is 101 cm³/mol. The lowest BCUT2D eigenvalue weighted by atomic mass is 10.1. The topological polar surface area (TPSA) is 87.1 Å². The number of nitrogens with zero attached hydrogens (tertiary/aromatic N) is 1. The van der Waals surface area contributed by atoms with Crippen molar-refractivity contribution in [2.24, 2.45) is 0 Å². The Hall–Kier alpha value is -2.08. The molecule has 1 aliphatic rings. The van der Waals surface area contributed by atoms with E-state index in [-0.39, 0.29) is 0 Å². The SMILES string of the molecule is Cc1ccc(OCCCCN2CCCCCC2)cc1C.O=C(O)C(=O)O.